The van der Waals surface area contributed by atoms with Crippen LogP contribution in [0, 0.1) is 0 Å². The second-order valence-electron chi connectivity index (χ2n) is 4.10. The third-order valence-electron chi connectivity index (χ3n) is 2.58. The molecule has 0 unspecified atom stereocenters. The fourth-order valence-electron chi connectivity index (χ4n) is 1.71. The summed E-state index contributed by atoms with van der Waals surface area (Å²) in [5.74, 6) is 1.09. The van der Waals surface area contributed by atoms with Crippen molar-refractivity contribution in [2.75, 3.05) is 7.11 Å². The molecule has 6 nitrogen and oxygen atoms in total. The lowest BCUT2D eigenvalue weighted by Crippen LogP contribution is -1.92. The number of rotatable bonds is 5. The highest BCUT2D eigenvalue weighted by molar-refractivity contribution is 7.13. The number of thiazole rings is 1. The summed E-state index contributed by atoms with van der Waals surface area (Å²) in [5.41, 5.74) is 1.91. The molecular weight excluding hydrogens is 276 g/mol. The molecule has 0 amide bonds. The number of hydrogen-bond donors (Lipinski definition) is 0. The maximum absolute atomic E-state index is 5.15. The Morgan fingerprint density at radius 1 is 1.35 bits per heavy atom. The van der Waals surface area contributed by atoms with E-state index < -0.39 is 0 Å². The van der Waals surface area contributed by atoms with Crippen LogP contribution in [-0.4, -0.2) is 27.2 Å². The molecule has 3 aromatic heterocycles. The summed E-state index contributed by atoms with van der Waals surface area (Å²) >= 11 is 1.57. The van der Waals surface area contributed by atoms with Crippen molar-refractivity contribution in [3.63, 3.8) is 0 Å². The summed E-state index contributed by atoms with van der Waals surface area (Å²) in [5, 5.41) is 6.75. The number of hydrogen-bond acceptors (Lipinski definition) is 7. The first-order valence-corrected chi connectivity index (χ1v) is 6.88. The third kappa shape index (κ3) is 2.89. The summed E-state index contributed by atoms with van der Waals surface area (Å²) in [6, 6.07) is 3.88. The van der Waals surface area contributed by atoms with Gasteiger partial charge in [0.05, 0.1) is 12.1 Å². The molecule has 3 rings (SSSR count). The smallest absolute Gasteiger partial charge is 0.232 e. The summed E-state index contributed by atoms with van der Waals surface area (Å²) in [4.78, 5) is 12.9. The van der Waals surface area contributed by atoms with Crippen LogP contribution in [0.1, 0.15) is 17.4 Å². The van der Waals surface area contributed by atoms with E-state index in [-0.39, 0.29) is 0 Å². The van der Waals surface area contributed by atoms with Gasteiger partial charge in [0.1, 0.15) is 11.6 Å². The molecule has 0 radical (unpaired) electrons. The maximum atomic E-state index is 5.15. The molecule has 7 heteroatoms. The zero-order valence-corrected chi connectivity index (χ0v) is 11.6. The van der Waals surface area contributed by atoms with Crippen LogP contribution in [0.4, 0.5) is 0 Å². The Labute approximate surface area is 119 Å². The molecule has 0 aliphatic heterocycles. The first kappa shape index (κ1) is 12.9. The molecule has 0 fully saturated rings. The van der Waals surface area contributed by atoms with Crippen LogP contribution in [0.15, 0.2) is 34.4 Å². The second kappa shape index (κ2) is 5.89. The summed E-state index contributed by atoms with van der Waals surface area (Å²) < 4.78 is 10.1. The number of ether oxygens (including phenoxy) is 1. The van der Waals surface area contributed by atoms with Gasteiger partial charge in [-0.15, -0.1) is 11.3 Å². The molecule has 0 atom stereocenters. The Balaban J connectivity index is 1.73. The molecule has 0 aliphatic rings. The Hall–Kier alpha value is -2.12. The zero-order valence-electron chi connectivity index (χ0n) is 10.8. The summed E-state index contributed by atoms with van der Waals surface area (Å²) in [7, 11) is 1.59. The van der Waals surface area contributed by atoms with Crippen molar-refractivity contribution in [2.45, 2.75) is 13.0 Å². The normalized spacial score (nSPS) is 10.8. The minimum absolute atomic E-state index is 0.349. The van der Waals surface area contributed by atoms with Crippen molar-refractivity contribution in [3.8, 4) is 10.6 Å². The van der Waals surface area contributed by atoms with Gasteiger partial charge in [0.25, 0.3) is 0 Å². The van der Waals surface area contributed by atoms with Gasteiger partial charge in [0, 0.05) is 30.4 Å². The van der Waals surface area contributed by atoms with Crippen LogP contribution in [0.25, 0.3) is 10.6 Å². The first-order chi connectivity index (χ1) is 9.85. The summed E-state index contributed by atoms with van der Waals surface area (Å²) in [6.45, 7) is 0.349. The SMILES string of the molecule is COCc1noc(Cc2csc(-c3cccnc3)n2)n1. The quantitative estimate of drug-likeness (QED) is 0.717. The lowest BCUT2D eigenvalue weighted by Gasteiger charge is -1.93. The van der Waals surface area contributed by atoms with Gasteiger partial charge in [-0.25, -0.2) is 4.98 Å². The van der Waals surface area contributed by atoms with Crippen molar-refractivity contribution in [2.24, 2.45) is 0 Å². The predicted molar refractivity (Wildman–Crippen MR) is 73.2 cm³/mol. The monoisotopic (exact) mass is 288 g/mol. The highest BCUT2D eigenvalue weighted by atomic mass is 32.1. The molecule has 3 aromatic rings. The van der Waals surface area contributed by atoms with Crippen LogP contribution in [0.3, 0.4) is 0 Å². The lowest BCUT2D eigenvalue weighted by molar-refractivity contribution is 0.174. The van der Waals surface area contributed by atoms with Gasteiger partial charge in [-0.3, -0.25) is 4.98 Å². The molecule has 0 aromatic carbocycles. The van der Waals surface area contributed by atoms with Crippen LogP contribution < -0.4 is 0 Å². The van der Waals surface area contributed by atoms with E-state index >= 15 is 0 Å². The summed E-state index contributed by atoms with van der Waals surface area (Å²) in [6.07, 6.45) is 4.06. The van der Waals surface area contributed by atoms with E-state index in [0.717, 1.165) is 16.3 Å². The predicted octanol–water partition coefficient (Wildman–Crippen LogP) is 2.33. The van der Waals surface area contributed by atoms with Crippen molar-refractivity contribution in [1.82, 2.24) is 20.1 Å². The molecule has 0 saturated carbocycles. The number of aromatic nitrogens is 4. The molecule has 0 bridgehead atoms. The average Bonchev–Trinajstić information content (AvgIpc) is 3.11. The van der Waals surface area contributed by atoms with Crippen LogP contribution in [0.5, 0.6) is 0 Å². The number of methoxy groups -OCH3 is 1. The fraction of sp³-hybridized carbons (Fsp3) is 0.231. The van der Waals surface area contributed by atoms with E-state index in [9.17, 15) is 0 Å². The van der Waals surface area contributed by atoms with Crippen LogP contribution in [0.2, 0.25) is 0 Å². The molecule has 0 spiro atoms. The van der Waals surface area contributed by atoms with E-state index in [1.54, 1.807) is 30.8 Å². The highest BCUT2D eigenvalue weighted by Gasteiger charge is 2.10. The zero-order chi connectivity index (χ0) is 13.8. The van der Waals surface area contributed by atoms with Gasteiger partial charge >= 0.3 is 0 Å². The van der Waals surface area contributed by atoms with E-state index in [1.807, 2.05) is 17.5 Å². The molecule has 20 heavy (non-hydrogen) atoms. The standard InChI is InChI=1S/C13H12N4O2S/c1-18-7-11-16-12(19-17-11)5-10-8-20-13(15-10)9-3-2-4-14-6-9/h2-4,6,8H,5,7H2,1H3. The highest BCUT2D eigenvalue weighted by Crippen LogP contribution is 2.23. The minimum atomic E-state index is 0.349. The van der Waals surface area contributed by atoms with Gasteiger partial charge in [-0.2, -0.15) is 4.98 Å². The number of pyridine rings is 1. The van der Waals surface area contributed by atoms with Crippen molar-refractivity contribution < 1.29 is 9.26 Å². The van der Waals surface area contributed by atoms with E-state index in [2.05, 4.69) is 20.1 Å². The largest absolute Gasteiger partial charge is 0.377 e. The molecule has 0 saturated heterocycles. The lowest BCUT2D eigenvalue weighted by atomic mass is 10.3. The third-order valence-corrected chi connectivity index (χ3v) is 3.52. The Kier molecular flexibility index (Phi) is 3.80. The Morgan fingerprint density at radius 3 is 3.10 bits per heavy atom. The maximum Gasteiger partial charge on any atom is 0.232 e. The van der Waals surface area contributed by atoms with Crippen LogP contribution >= 0.6 is 11.3 Å². The van der Waals surface area contributed by atoms with Gasteiger partial charge in [0.15, 0.2) is 5.82 Å². The number of nitrogens with zero attached hydrogens (tertiary/aromatic N) is 4. The van der Waals surface area contributed by atoms with Crippen LogP contribution in [-0.2, 0) is 17.8 Å². The van der Waals surface area contributed by atoms with Gasteiger partial charge < -0.3 is 9.26 Å². The van der Waals surface area contributed by atoms with E-state index in [4.69, 9.17) is 9.26 Å². The molecule has 0 N–H and O–H groups in total. The van der Waals surface area contributed by atoms with E-state index in [1.165, 1.54) is 0 Å². The Morgan fingerprint density at radius 2 is 2.30 bits per heavy atom. The van der Waals surface area contributed by atoms with Crippen molar-refractivity contribution in [1.29, 1.82) is 0 Å². The van der Waals surface area contributed by atoms with Crippen molar-refractivity contribution >= 4 is 11.3 Å². The Bertz CT molecular complexity index is 681. The molecular formula is C13H12N4O2S. The fourth-order valence-corrected chi connectivity index (χ4v) is 2.53. The molecule has 3 heterocycles. The van der Waals surface area contributed by atoms with Crippen molar-refractivity contribution in [3.05, 3.63) is 47.3 Å². The minimum Gasteiger partial charge on any atom is -0.377 e. The van der Waals surface area contributed by atoms with Gasteiger partial charge in [-0.1, -0.05) is 5.16 Å². The molecule has 0 aliphatic carbocycles. The van der Waals surface area contributed by atoms with Gasteiger partial charge in [0.2, 0.25) is 5.89 Å². The molecule has 102 valence electrons. The first-order valence-electron chi connectivity index (χ1n) is 6.00. The van der Waals surface area contributed by atoms with Gasteiger partial charge in [-0.05, 0) is 12.1 Å². The topological polar surface area (TPSA) is 73.9 Å². The second-order valence-corrected chi connectivity index (χ2v) is 4.96. The van der Waals surface area contributed by atoms with E-state index in [0.29, 0.717) is 24.7 Å². The average molecular weight is 288 g/mol.